The average molecular weight is 745 g/mol. The van der Waals surface area contributed by atoms with Crippen molar-refractivity contribution in [2.75, 3.05) is 50.2 Å². The number of hydrogen-bond donors (Lipinski definition) is 2. The minimum absolute atomic E-state index is 0.0162. The Morgan fingerprint density at radius 3 is 2.15 bits per heavy atom. The predicted octanol–water partition coefficient (Wildman–Crippen LogP) is 6.95. The normalized spacial score (nSPS) is 16.0. The zero-order valence-electron chi connectivity index (χ0n) is 28.3. The number of para-hydroxylation sites is 1. The molecule has 1 atom stereocenters. The largest absolute Gasteiger partial charge is 0.497 e. The number of anilines is 2. The van der Waals surface area contributed by atoms with Crippen molar-refractivity contribution >= 4 is 39.1 Å². The van der Waals surface area contributed by atoms with E-state index in [1.807, 2.05) is 36.1 Å². The second-order valence-corrected chi connectivity index (χ2v) is 13.3. The first-order chi connectivity index (χ1) is 24.6. The van der Waals surface area contributed by atoms with E-state index >= 15 is 4.39 Å². The first kappa shape index (κ1) is 37.9. The van der Waals surface area contributed by atoms with Crippen LogP contribution in [0.2, 0.25) is 0 Å². The van der Waals surface area contributed by atoms with Gasteiger partial charge in [0.1, 0.15) is 23.0 Å². The Labute approximate surface area is 298 Å². The maximum absolute atomic E-state index is 15.1. The molecule has 276 valence electrons. The summed E-state index contributed by atoms with van der Waals surface area (Å²) in [7, 11) is -1.12. The van der Waals surface area contributed by atoms with Crippen LogP contribution >= 0.6 is 0 Å². The molecule has 0 unspecified atom stereocenters. The number of nitrogens with zero attached hydrogens (tertiary/aromatic N) is 4. The molecule has 0 aliphatic carbocycles. The van der Waals surface area contributed by atoms with Gasteiger partial charge in [-0.2, -0.15) is 21.6 Å². The SMILES string of the molecule is COc1cccc(N2CCN(C3=Nc4c(F)cccc4[C@H](CC(=O)O)N3c3cc(C(F)(F)F)ccc3OC)CC2)c1.Cc1ccc(S(=O)(=O)O)cc1. The van der Waals surface area contributed by atoms with Gasteiger partial charge in [0.05, 0.1) is 42.8 Å². The number of aliphatic imine (C=N–C) groups is 1. The Morgan fingerprint density at radius 1 is 0.904 bits per heavy atom. The van der Waals surface area contributed by atoms with E-state index in [-0.39, 0.29) is 33.5 Å². The first-order valence-corrected chi connectivity index (χ1v) is 17.4. The summed E-state index contributed by atoms with van der Waals surface area (Å²) < 4.78 is 96.9. The van der Waals surface area contributed by atoms with E-state index in [1.165, 1.54) is 42.3 Å². The van der Waals surface area contributed by atoms with Crippen LogP contribution in [0.4, 0.5) is 34.6 Å². The highest BCUT2D eigenvalue weighted by Gasteiger charge is 2.40. The molecule has 1 fully saturated rings. The van der Waals surface area contributed by atoms with Gasteiger partial charge in [-0.1, -0.05) is 35.9 Å². The van der Waals surface area contributed by atoms with Crippen LogP contribution in [0.5, 0.6) is 11.5 Å². The molecule has 0 radical (unpaired) electrons. The number of guanidine groups is 1. The standard InChI is InChI=1S/C29H28F4N4O4.C7H8O3S/c1-40-20-6-3-5-19(16-20)35-11-13-36(14-12-35)28-34-27-21(7-4-8-22(27)30)23(17-26(38)39)37(28)24-15-18(29(31,32)33)9-10-25(24)41-2;1-6-2-4-7(5-3-6)11(8,9)10/h3-10,15-16,23H,11-14,17H2,1-2H3,(H,38,39);2-5H,1H3,(H,8,9,10)/t23-;/m0./s1. The van der Waals surface area contributed by atoms with Crippen molar-refractivity contribution in [2.24, 2.45) is 4.99 Å². The van der Waals surface area contributed by atoms with Crippen molar-refractivity contribution in [3.63, 3.8) is 0 Å². The number of rotatable bonds is 7. The van der Waals surface area contributed by atoms with E-state index in [0.29, 0.717) is 31.9 Å². The minimum atomic E-state index is -4.66. The van der Waals surface area contributed by atoms with Crippen molar-refractivity contribution in [1.29, 1.82) is 0 Å². The molecular weight excluding hydrogens is 708 g/mol. The first-order valence-electron chi connectivity index (χ1n) is 15.9. The van der Waals surface area contributed by atoms with Crippen molar-refractivity contribution in [2.45, 2.75) is 30.5 Å². The van der Waals surface area contributed by atoms with Crippen LogP contribution in [0.25, 0.3) is 0 Å². The van der Waals surface area contributed by atoms with Crippen LogP contribution in [0.3, 0.4) is 0 Å². The van der Waals surface area contributed by atoms with Crippen LogP contribution in [-0.2, 0) is 21.1 Å². The molecule has 4 aromatic rings. The van der Waals surface area contributed by atoms with Gasteiger partial charge >= 0.3 is 12.1 Å². The Bertz CT molecular complexity index is 2050. The van der Waals surface area contributed by atoms with Crippen LogP contribution in [0.1, 0.15) is 29.2 Å². The number of carboxylic acid groups (broad SMARTS) is 1. The van der Waals surface area contributed by atoms with E-state index in [4.69, 9.17) is 14.0 Å². The lowest BCUT2D eigenvalue weighted by Crippen LogP contribution is -2.55. The second kappa shape index (κ2) is 15.5. The molecule has 0 amide bonds. The Kier molecular flexibility index (Phi) is 11.3. The number of hydrogen-bond acceptors (Lipinski definition) is 9. The van der Waals surface area contributed by atoms with Crippen LogP contribution in [0.15, 0.2) is 94.8 Å². The molecule has 1 saturated heterocycles. The molecule has 2 heterocycles. The van der Waals surface area contributed by atoms with Gasteiger partial charge in [-0.25, -0.2) is 9.38 Å². The number of carbonyl (C=O) groups is 1. The third-order valence-corrected chi connectivity index (χ3v) is 9.42. The molecule has 0 saturated carbocycles. The smallest absolute Gasteiger partial charge is 0.416 e. The molecule has 52 heavy (non-hydrogen) atoms. The van der Waals surface area contributed by atoms with Gasteiger partial charge in [0, 0.05) is 43.5 Å². The van der Waals surface area contributed by atoms with E-state index in [2.05, 4.69) is 9.89 Å². The van der Waals surface area contributed by atoms with Gasteiger partial charge in [0.15, 0.2) is 0 Å². The van der Waals surface area contributed by atoms with Gasteiger partial charge in [0.2, 0.25) is 5.96 Å². The van der Waals surface area contributed by atoms with Gasteiger partial charge in [0.25, 0.3) is 10.1 Å². The predicted molar refractivity (Wildman–Crippen MR) is 187 cm³/mol. The van der Waals surface area contributed by atoms with Gasteiger partial charge in [-0.15, -0.1) is 0 Å². The van der Waals surface area contributed by atoms with E-state index in [9.17, 15) is 31.5 Å². The fourth-order valence-corrected chi connectivity index (χ4v) is 6.43. The maximum atomic E-state index is 15.1. The summed E-state index contributed by atoms with van der Waals surface area (Å²) in [6.45, 7) is 3.66. The molecule has 2 aliphatic heterocycles. The quantitative estimate of drug-likeness (QED) is 0.151. The zero-order chi connectivity index (χ0) is 37.8. The summed E-state index contributed by atoms with van der Waals surface area (Å²) >= 11 is 0. The number of halogens is 4. The summed E-state index contributed by atoms with van der Waals surface area (Å²) in [6, 6.07) is 19.7. The van der Waals surface area contributed by atoms with Gasteiger partial charge in [-0.05, 0) is 55.5 Å². The number of methoxy groups -OCH3 is 2. The van der Waals surface area contributed by atoms with Crippen LogP contribution in [-0.4, -0.2) is 75.3 Å². The molecule has 6 rings (SSSR count). The molecule has 16 heteroatoms. The van der Waals surface area contributed by atoms with E-state index < -0.39 is 46.1 Å². The lowest BCUT2D eigenvalue weighted by atomic mass is 9.96. The number of aryl methyl sites for hydroxylation is 1. The minimum Gasteiger partial charge on any atom is -0.497 e. The summed E-state index contributed by atoms with van der Waals surface area (Å²) in [6.07, 6.45) is -5.18. The second-order valence-electron chi connectivity index (χ2n) is 11.9. The molecule has 11 nitrogen and oxygen atoms in total. The van der Waals surface area contributed by atoms with Crippen molar-refractivity contribution in [3.8, 4) is 11.5 Å². The number of benzene rings is 4. The molecule has 2 N–H and O–H groups in total. The third-order valence-electron chi connectivity index (χ3n) is 8.55. The average Bonchev–Trinajstić information content (AvgIpc) is 3.11. The highest BCUT2D eigenvalue weighted by Crippen LogP contribution is 2.46. The Balaban J connectivity index is 0.000000407. The lowest BCUT2D eigenvalue weighted by molar-refractivity contribution is -0.138. The number of piperazine rings is 1. The fraction of sp³-hybridized carbons (Fsp3) is 0.278. The maximum Gasteiger partial charge on any atom is 0.416 e. The molecule has 2 aliphatic rings. The topological polar surface area (TPSA) is 132 Å². The lowest BCUT2D eigenvalue weighted by Gasteiger charge is -2.45. The van der Waals surface area contributed by atoms with Crippen LogP contribution < -0.4 is 19.3 Å². The van der Waals surface area contributed by atoms with Crippen molar-refractivity contribution < 1.29 is 49.9 Å². The highest BCUT2D eigenvalue weighted by atomic mass is 32.2. The number of ether oxygens (including phenoxy) is 2. The Hall–Kier alpha value is -5.35. The van der Waals surface area contributed by atoms with Gasteiger partial charge < -0.3 is 29.3 Å². The summed E-state index contributed by atoms with van der Waals surface area (Å²) in [5, 5.41) is 9.83. The number of alkyl halides is 3. The molecule has 0 aromatic heterocycles. The summed E-state index contributed by atoms with van der Waals surface area (Å²) in [5.74, 6) is -0.910. The van der Waals surface area contributed by atoms with Crippen molar-refractivity contribution in [1.82, 2.24) is 4.90 Å². The van der Waals surface area contributed by atoms with E-state index in [0.717, 1.165) is 23.4 Å². The van der Waals surface area contributed by atoms with E-state index in [1.54, 1.807) is 25.3 Å². The Morgan fingerprint density at radius 2 is 1.56 bits per heavy atom. The van der Waals surface area contributed by atoms with Crippen molar-refractivity contribution in [3.05, 3.63) is 107 Å². The number of fused-ring (bicyclic) bond motifs is 1. The molecule has 0 bridgehead atoms. The highest BCUT2D eigenvalue weighted by molar-refractivity contribution is 7.85. The zero-order valence-corrected chi connectivity index (χ0v) is 29.2. The molecule has 4 aromatic carbocycles. The third kappa shape index (κ3) is 8.57. The summed E-state index contributed by atoms with van der Waals surface area (Å²) in [4.78, 5) is 22.0. The molecule has 0 spiro atoms. The van der Waals surface area contributed by atoms with Gasteiger partial charge in [-0.3, -0.25) is 9.35 Å². The summed E-state index contributed by atoms with van der Waals surface area (Å²) in [5.41, 5.74) is 1.16. The molecular formula is C36H36F4N4O7S. The fourth-order valence-electron chi connectivity index (χ4n) is 5.95. The number of aliphatic carboxylic acids is 1. The monoisotopic (exact) mass is 744 g/mol. The van der Waals surface area contributed by atoms with Crippen LogP contribution in [0, 0.1) is 12.7 Å². The number of carboxylic acids is 1.